The Morgan fingerprint density at radius 3 is 2.76 bits per heavy atom. The Bertz CT molecular complexity index is 545. The van der Waals surface area contributed by atoms with Crippen LogP contribution in [-0.4, -0.2) is 17.4 Å². The zero-order valence-corrected chi connectivity index (χ0v) is 12.2. The number of nitrogens with zero attached hydrogens (tertiary/aromatic N) is 1. The largest absolute Gasteiger partial charge is 0.379 e. The van der Waals surface area contributed by atoms with Gasteiger partial charge in [-0.25, -0.2) is 0 Å². The summed E-state index contributed by atoms with van der Waals surface area (Å²) in [6, 6.07) is 4.31. The number of hydrogen-bond acceptors (Lipinski definition) is 4. The molecule has 0 radical (unpaired) electrons. The summed E-state index contributed by atoms with van der Waals surface area (Å²) < 4.78 is 0. The third-order valence-electron chi connectivity index (χ3n) is 4.32. The first-order chi connectivity index (χ1) is 9.99. The van der Waals surface area contributed by atoms with Crippen LogP contribution in [0.25, 0.3) is 0 Å². The van der Waals surface area contributed by atoms with E-state index in [1.807, 2.05) is 0 Å². The van der Waals surface area contributed by atoms with Gasteiger partial charge in [-0.05, 0) is 30.4 Å². The van der Waals surface area contributed by atoms with Gasteiger partial charge in [-0.2, -0.15) is 0 Å². The number of carbonyl (C=O) groups is 1. The Labute approximate surface area is 123 Å². The third-order valence-corrected chi connectivity index (χ3v) is 4.32. The standard InChI is InChI=1S/C15H21N3O3/c1-10-4-2-3-5-12(10)9-17-13-7-6-11(15(16)19)8-14(13)18(20)21/h6-8,10,12,17H,2-5,9H2,1H3,(H2,16,19). The van der Waals surface area contributed by atoms with Crippen LogP contribution >= 0.6 is 0 Å². The Kier molecular flexibility index (Phi) is 4.77. The van der Waals surface area contributed by atoms with Gasteiger partial charge in [0.1, 0.15) is 5.69 Å². The van der Waals surface area contributed by atoms with Gasteiger partial charge in [0.15, 0.2) is 0 Å². The monoisotopic (exact) mass is 291 g/mol. The lowest BCUT2D eigenvalue weighted by Gasteiger charge is -2.29. The van der Waals surface area contributed by atoms with Crippen LogP contribution in [-0.2, 0) is 0 Å². The minimum absolute atomic E-state index is 0.102. The van der Waals surface area contributed by atoms with Crippen molar-refractivity contribution in [2.24, 2.45) is 17.6 Å². The quantitative estimate of drug-likeness (QED) is 0.643. The maximum atomic E-state index is 11.1. The minimum atomic E-state index is -0.662. The van der Waals surface area contributed by atoms with Gasteiger partial charge in [0, 0.05) is 18.2 Å². The second-order valence-corrected chi connectivity index (χ2v) is 5.76. The van der Waals surface area contributed by atoms with E-state index >= 15 is 0 Å². The van der Waals surface area contributed by atoms with Crippen molar-refractivity contribution in [1.82, 2.24) is 0 Å². The third kappa shape index (κ3) is 3.71. The van der Waals surface area contributed by atoms with Crippen molar-refractivity contribution in [3.05, 3.63) is 33.9 Å². The van der Waals surface area contributed by atoms with Crippen LogP contribution in [0.3, 0.4) is 0 Å². The molecule has 2 atom stereocenters. The van der Waals surface area contributed by atoms with Gasteiger partial charge in [0.05, 0.1) is 4.92 Å². The van der Waals surface area contributed by atoms with Crippen LogP contribution in [0.4, 0.5) is 11.4 Å². The second-order valence-electron chi connectivity index (χ2n) is 5.76. The average molecular weight is 291 g/mol. The van der Waals surface area contributed by atoms with Crippen molar-refractivity contribution >= 4 is 17.3 Å². The average Bonchev–Trinajstić information content (AvgIpc) is 2.46. The molecule has 1 aliphatic rings. The molecule has 1 saturated carbocycles. The smallest absolute Gasteiger partial charge is 0.293 e. The summed E-state index contributed by atoms with van der Waals surface area (Å²) in [5.41, 5.74) is 5.66. The van der Waals surface area contributed by atoms with E-state index < -0.39 is 10.8 Å². The molecule has 2 unspecified atom stereocenters. The molecule has 0 saturated heterocycles. The van der Waals surface area contributed by atoms with Gasteiger partial charge in [-0.1, -0.05) is 26.2 Å². The van der Waals surface area contributed by atoms with Crippen LogP contribution in [0.15, 0.2) is 18.2 Å². The highest BCUT2D eigenvalue weighted by Crippen LogP contribution is 2.31. The number of rotatable bonds is 5. The molecule has 3 N–H and O–H groups in total. The molecule has 6 nitrogen and oxygen atoms in total. The van der Waals surface area contributed by atoms with Crippen molar-refractivity contribution in [2.45, 2.75) is 32.6 Å². The fourth-order valence-electron chi connectivity index (χ4n) is 2.92. The maximum absolute atomic E-state index is 11.1. The molecule has 6 heteroatoms. The summed E-state index contributed by atoms with van der Waals surface area (Å²) in [6.45, 7) is 2.95. The predicted octanol–water partition coefficient (Wildman–Crippen LogP) is 2.93. The molecule has 1 fully saturated rings. The highest BCUT2D eigenvalue weighted by Gasteiger charge is 2.22. The van der Waals surface area contributed by atoms with Crippen LogP contribution in [0.5, 0.6) is 0 Å². The van der Waals surface area contributed by atoms with E-state index in [0.29, 0.717) is 17.5 Å². The van der Waals surface area contributed by atoms with Gasteiger partial charge in [0.2, 0.25) is 5.91 Å². The predicted molar refractivity (Wildman–Crippen MR) is 81.2 cm³/mol. The molecule has 0 heterocycles. The first-order valence-corrected chi connectivity index (χ1v) is 7.31. The molecule has 1 aromatic rings. The first kappa shape index (κ1) is 15.3. The number of nitrogens with two attached hydrogens (primary N) is 1. The normalized spacial score (nSPS) is 21.8. The molecule has 0 bridgehead atoms. The summed E-state index contributed by atoms with van der Waals surface area (Å²) in [7, 11) is 0. The lowest BCUT2D eigenvalue weighted by atomic mass is 9.80. The van der Waals surface area contributed by atoms with Gasteiger partial charge < -0.3 is 11.1 Å². The van der Waals surface area contributed by atoms with Crippen LogP contribution in [0.2, 0.25) is 0 Å². The molecule has 21 heavy (non-hydrogen) atoms. The van der Waals surface area contributed by atoms with E-state index in [1.54, 1.807) is 6.07 Å². The lowest BCUT2D eigenvalue weighted by molar-refractivity contribution is -0.384. The summed E-state index contributed by atoms with van der Waals surface area (Å²) in [5, 5.41) is 14.3. The summed E-state index contributed by atoms with van der Waals surface area (Å²) in [6.07, 6.45) is 4.86. The van der Waals surface area contributed by atoms with Crippen LogP contribution < -0.4 is 11.1 Å². The zero-order chi connectivity index (χ0) is 15.4. The highest BCUT2D eigenvalue weighted by atomic mass is 16.6. The van der Waals surface area contributed by atoms with Crippen molar-refractivity contribution < 1.29 is 9.72 Å². The minimum Gasteiger partial charge on any atom is -0.379 e. The van der Waals surface area contributed by atoms with Crippen molar-refractivity contribution in [2.75, 3.05) is 11.9 Å². The van der Waals surface area contributed by atoms with Crippen molar-refractivity contribution in [1.29, 1.82) is 0 Å². The number of hydrogen-bond donors (Lipinski definition) is 2. The molecule has 1 aliphatic carbocycles. The first-order valence-electron chi connectivity index (χ1n) is 7.31. The molecule has 0 aliphatic heterocycles. The van der Waals surface area contributed by atoms with Gasteiger partial charge in [0.25, 0.3) is 5.69 Å². The fourth-order valence-corrected chi connectivity index (χ4v) is 2.92. The molecule has 114 valence electrons. The zero-order valence-electron chi connectivity index (χ0n) is 12.2. The Morgan fingerprint density at radius 1 is 1.43 bits per heavy atom. The van der Waals surface area contributed by atoms with E-state index in [1.165, 1.54) is 31.4 Å². The van der Waals surface area contributed by atoms with E-state index in [-0.39, 0.29) is 11.3 Å². The van der Waals surface area contributed by atoms with E-state index in [4.69, 9.17) is 5.73 Å². The molecular weight excluding hydrogens is 270 g/mol. The van der Waals surface area contributed by atoms with E-state index in [9.17, 15) is 14.9 Å². The number of nitro groups is 1. The van der Waals surface area contributed by atoms with Crippen molar-refractivity contribution in [3.8, 4) is 0 Å². The topological polar surface area (TPSA) is 98.3 Å². The number of benzene rings is 1. The number of anilines is 1. The second kappa shape index (κ2) is 6.56. The van der Waals surface area contributed by atoms with Crippen molar-refractivity contribution in [3.63, 3.8) is 0 Å². The SMILES string of the molecule is CC1CCCCC1CNc1ccc(C(N)=O)cc1[N+](=O)[O-]. The molecular formula is C15H21N3O3. The molecule has 2 rings (SSSR count). The highest BCUT2D eigenvalue weighted by molar-refractivity contribution is 5.94. The number of primary amides is 1. The van der Waals surface area contributed by atoms with Gasteiger partial charge in [-0.3, -0.25) is 14.9 Å². The summed E-state index contributed by atoms with van der Waals surface area (Å²) in [5.74, 6) is 0.509. The lowest BCUT2D eigenvalue weighted by Crippen LogP contribution is -2.24. The summed E-state index contributed by atoms with van der Waals surface area (Å²) in [4.78, 5) is 21.8. The Hall–Kier alpha value is -2.11. The fraction of sp³-hybridized carbons (Fsp3) is 0.533. The number of amides is 1. The number of nitro benzene ring substituents is 1. The van der Waals surface area contributed by atoms with E-state index in [2.05, 4.69) is 12.2 Å². The molecule has 1 amide bonds. The van der Waals surface area contributed by atoms with E-state index in [0.717, 1.165) is 13.0 Å². The molecule has 1 aromatic carbocycles. The van der Waals surface area contributed by atoms with Gasteiger partial charge in [-0.15, -0.1) is 0 Å². The van der Waals surface area contributed by atoms with Gasteiger partial charge >= 0.3 is 0 Å². The Morgan fingerprint density at radius 2 is 2.14 bits per heavy atom. The number of nitrogens with one attached hydrogen (secondary N) is 1. The Balaban J connectivity index is 2.11. The number of carbonyl (C=O) groups excluding carboxylic acids is 1. The van der Waals surface area contributed by atoms with Crippen LogP contribution in [0, 0.1) is 22.0 Å². The van der Waals surface area contributed by atoms with Crippen LogP contribution in [0.1, 0.15) is 43.0 Å². The molecule has 0 spiro atoms. The summed E-state index contributed by atoms with van der Waals surface area (Å²) >= 11 is 0. The molecule has 0 aromatic heterocycles. The maximum Gasteiger partial charge on any atom is 0.293 e.